The highest BCUT2D eigenvalue weighted by Gasteiger charge is 2.23. The summed E-state index contributed by atoms with van der Waals surface area (Å²) in [5.41, 5.74) is 2.30. The van der Waals surface area contributed by atoms with Gasteiger partial charge < -0.3 is 61.6 Å². The molecule has 0 bridgehead atoms. The van der Waals surface area contributed by atoms with Gasteiger partial charge in [0.25, 0.3) is 0 Å². The number of ether oxygens (including phenoxy) is 13. The van der Waals surface area contributed by atoms with Crippen molar-refractivity contribution in [2.45, 2.75) is 19.3 Å². The van der Waals surface area contributed by atoms with Crippen LogP contribution in [0.5, 0.6) is 23.0 Å². The highest BCUT2D eigenvalue weighted by Crippen LogP contribution is 2.33. The zero-order chi connectivity index (χ0) is 47.2. The second kappa shape index (κ2) is 41.5. The molecule has 0 heterocycles. The standard InChI is InChI=1S/C23H28O4.C14H18O4.C8H14O3.C6H10O2/c1-5-24-15-17-26-21-11-7-19(8-12-21)23(3,4)20-9-13-22(14-10-20)27-18-16-25-6-2;1-3-15-9-11-17-13-5-7-14(8-6-13)18-12-10-16-4-2;1-3-9-5-7-11-8-6-10-4-2;1-3-7-5-6-8-4-2/h5-14H,1-2,15-18H2,3-4H3;3-8H,1-2,9-12H2;3-4H,1-2,5-8H2;3-4H,1-2,5-6H2. The van der Waals surface area contributed by atoms with Crippen LogP contribution in [0, 0.1) is 0 Å². The van der Waals surface area contributed by atoms with Gasteiger partial charge in [-0.05, 0) is 59.7 Å². The van der Waals surface area contributed by atoms with E-state index in [0.717, 1.165) is 23.0 Å². The van der Waals surface area contributed by atoms with Gasteiger partial charge in [0.05, 0.1) is 63.3 Å². The largest absolute Gasteiger partial charge is 0.499 e. The van der Waals surface area contributed by atoms with Gasteiger partial charge in [0, 0.05) is 5.41 Å². The van der Waals surface area contributed by atoms with Gasteiger partial charge in [-0.15, -0.1) is 0 Å². The van der Waals surface area contributed by atoms with Crippen LogP contribution in [0.15, 0.2) is 176 Å². The monoisotopic (exact) mass is 890 g/mol. The van der Waals surface area contributed by atoms with E-state index in [1.165, 1.54) is 61.2 Å². The molecule has 13 heteroatoms. The molecule has 0 saturated carbocycles. The first kappa shape index (κ1) is 57.1. The number of benzene rings is 3. The van der Waals surface area contributed by atoms with Gasteiger partial charge in [0.15, 0.2) is 0 Å². The van der Waals surface area contributed by atoms with Crippen LogP contribution in [-0.4, -0.2) is 92.5 Å². The number of hydrogen-bond donors (Lipinski definition) is 0. The lowest BCUT2D eigenvalue weighted by molar-refractivity contribution is 0.0560. The summed E-state index contributed by atoms with van der Waals surface area (Å²) in [5.74, 6) is 3.20. The Kier molecular flexibility index (Phi) is 37.0. The maximum absolute atomic E-state index is 5.65. The molecule has 3 rings (SSSR count). The Morgan fingerprint density at radius 3 is 0.703 bits per heavy atom. The van der Waals surface area contributed by atoms with Gasteiger partial charge in [-0.2, -0.15) is 0 Å². The maximum atomic E-state index is 5.65. The molecule has 13 nitrogen and oxygen atoms in total. The molecule has 0 aromatic heterocycles. The van der Waals surface area contributed by atoms with E-state index in [1.807, 2.05) is 48.5 Å². The lowest BCUT2D eigenvalue weighted by atomic mass is 9.78. The van der Waals surface area contributed by atoms with Crippen LogP contribution in [0.2, 0.25) is 0 Å². The second-order valence-electron chi connectivity index (χ2n) is 12.5. The summed E-state index contributed by atoms with van der Waals surface area (Å²) >= 11 is 0. The van der Waals surface area contributed by atoms with E-state index in [1.54, 1.807) is 0 Å². The number of rotatable bonds is 35. The lowest BCUT2D eigenvalue weighted by Gasteiger charge is -2.26. The Bertz CT molecular complexity index is 1500. The molecule has 0 aliphatic carbocycles. The minimum atomic E-state index is -0.130. The molecule has 0 atom stereocenters. The van der Waals surface area contributed by atoms with Crippen molar-refractivity contribution in [3.05, 3.63) is 187 Å². The van der Waals surface area contributed by atoms with E-state index in [0.29, 0.717) is 92.5 Å². The minimum absolute atomic E-state index is 0.130. The van der Waals surface area contributed by atoms with E-state index < -0.39 is 0 Å². The van der Waals surface area contributed by atoms with Crippen LogP contribution >= 0.6 is 0 Å². The first-order chi connectivity index (χ1) is 31.3. The zero-order valence-electron chi connectivity index (χ0n) is 37.9. The maximum Gasteiger partial charge on any atom is 0.122 e. The summed E-state index contributed by atoms with van der Waals surface area (Å²) in [6, 6.07) is 23.7. The molecule has 0 aliphatic rings. The molecule has 0 unspecified atom stereocenters. The van der Waals surface area contributed by atoms with Crippen LogP contribution in [-0.2, 0) is 48.0 Å². The molecular weight excluding hydrogens is 821 g/mol. The van der Waals surface area contributed by atoms with E-state index in [-0.39, 0.29) is 5.41 Å². The SMILES string of the molecule is C=COCCOC=C.C=COCCOCCOC=C.C=COCCOc1ccc(C(C)(C)c2ccc(OCCOC=C)cc2)cc1.C=COCCOc1ccc(OCCOC=C)cc1. The molecule has 352 valence electrons. The molecule has 0 N–H and O–H groups in total. The Hall–Kier alpha value is -6.86. The fourth-order valence-corrected chi connectivity index (χ4v) is 4.64. The molecule has 0 saturated heterocycles. The Labute approximate surface area is 382 Å². The summed E-state index contributed by atoms with van der Waals surface area (Å²) in [6.07, 6.45) is 11.2. The molecule has 0 spiro atoms. The van der Waals surface area contributed by atoms with Crippen LogP contribution in [0.3, 0.4) is 0 Å². The van der Waals surface area contributed by atoms with Gasteiger partial charge in [-0.3, -0.25) is 0 Å². The third-order valence-corrected chi connectivity index (χ3v) is 7.81. The predicted octanol–water partition coefficient (Wildman–Crippen LogP) is 10.5. The average Bonchev–Trinajstić information content (AvgIpc) is 3.32. The Morgan fingerprint density at radius 1 is 0.297 bits per heavy atom. The van der Waals surface area contributed by atoms with Crippen LogP contribution in [0.25, 0.3) is 0 Å². The quantitative estimate of drug-likeness (QED) is 0.0412. The molecule has 3 aromatic carbocycles. The third-order valence-electron chi connectivity index (χ3n) is 7.81. The van der Waals surface area contributed by atoms with Crippen molar-refractivity contribution in [1.82, 2.24) is 0 Å². The molecule has 3 aromatic rings. The van der Waals surface area contributed by atoms with Gasteiger partial charge in [-0.25, -0.2) is 0 Å². The van der Waals surface area contributed by atoms with Crippen molar-refractivity contribution in [3.63, 3.8) is 0 Å². The van der Waals surface area contributed by atoms with Gasteiger partial charge in [0.1, 0.15) is 102 Å². The fraction of sp³-hybridized carbons (Fsp3) is 0.333. The van der Waals surface area contributed by atoms with Gasteiger partial charge in [-0.1, -0.05) is 90.7 Å². The molecule has 0 aliphatic heterocycles. The average molecular weight is 891 g/mol. The van der Waals surface area contributed by atoms with Crippen molar-refractivity contribution in [3.8, 4) is 23.0 Å². The van der Waals surface area contributed by atoms with E-state index >= 15 is 0 Å². The summed E-state index contributed by atoms with van der Waals surface area (Å²) in [5, 5.41) is 0. The topological polar surface area (TPSA) is 120 Å². The second-order valence-corrected chi connectivity index (χ2v) is 12.5. The van der Waals surface area contributed by atoms with Crippen LogP contribution in [0.4, 0.5) is 0 Å². The first-order valence-electron chi connectivity index (χ1n) is 20.5. The van der Waals surface area contributed by atoms with Gasteiger partial charge >= 0.3 is 0 Å². The van der Waals surface area contributed by atoms with E-state index in [9.17, 15) is 0 Å². The molecule has 0 amide bonds. The van der Waals surface area contributed by atoms with Crippen molar-refractivity contribution in [1.29, 1.82) is 0 Å². The van der Waals surface area contributed by atoms with Crippen molar-refractivity contribution < 1.29 is 61.6 Å². The van der Waals surface area contributed by atoms with Crippen LogP contribution < -0.4 is 18.9 Å². The first-order valence-corrected chi connectivity index (χ1v) is 20.5. The van der Waals surface area contributed by atoms with E-state index in [2.05, 4.69) is 90.7 Å². The van der Waals surface area contributed by atoms with Crippen molar-refractivity contribution in [2.24, 2.45) is 0 Å². The summed E-state index contributed by atoms with van der Waals surface area (Å²) in [7, 11) is 0. The summed E-state index contributed by atoms with van der Waals surface area (Å²) < 4.78 is 66.4. The van der Waals surface area contributed by atoms with E-state index in [4.69, 9.17) is 61.6 Å². The molecule has 0 fully saturated rings. The zero-order valence-corrected chi connectivity index (χ0v) is 37.9. The summed E-state index contributed by atoms with van der Waals surface area (Å²) in [4.78, 5) is 0. The molecule has 64 heavy (non-hydrogen) atoms. The smallest absolute Gasteiger partial charge is 0.122 e. The van der Waals surface area contributed by atoms with Crippen LogP contribution in [0.1, 0.15) is 25.0 Å². The number of hydrogen-bond acceptors (Lipinski definition) is 13. The van der Waals surface area contributed by atoms with Crippen molar-refractivity contribution in [2.75, 3.05) is 92.5 Å². The lowest BCUT2D eigenvalue weighted by Crippen LogP contribution is -2.18. The Balaban J connectivity index is 0.000000921. The van der Waals surface area contributed by atoms with Gasteiger partial charge in [0.2, 0.25) is 0 Å². The third kappa shape index (κ3) is 31.1. The predicted molar refractivity (Wildman–Crippen MR) is 253 cm³/mol. The van der Waals surface area contributed by atoms with Crippen molar-refractivity contribution >= 4 is 0 Å². The highest BCUT2D eigenvalue weighted by atomic mass is 16.5. The fourth-order valence-electron chi connectivity index (χ4n) is 4.64. The summed E-state index contributed by atoms with van der Waals surface area (Å²) in [6.45, 7) is 39.0. The molecular formula is C51H70O13. The normalized spacial score (nSPS) is 9.59. The highest BCUT2D eigenvalue weighted by molar-refractivity contribution is 5.42. The Morgan fingerprint density at radius 2 is 0.484 bits per heavy atom. The minimum Gasteiger partial charge on any atom is -0.499 e. The molecule has 0 radical (unpaired) electrons.